The van der Waals surface area contributed by atoms with Crippen molar-refractivity contribution in [3.8, 4) is 0 Å². The van der Waals surface area contributed by atoms with E-state index in [2.05, 4.69) is 74.2 Å². The molecule has 1 aromatic rings. The summed E-state index contributed by atoms with van der Waals surface area (Å²) < 4.78 is 0. The van der Waals surface area contributed by atoms with Crippen molar-refractivity contribution in [1.82, 2.24) is 4.90 Å². The zero-order chi connectivity index (χ0) is 18.1. The zero-order valence-electron chi connectivity index (χ0n) is 16.4. The molecule has 0 atom stereocenters. The number of allylic oxidation sites excluding steroid dienone is 1. The molecule has 0 aliphatic heterocycles. The Hall–Kier alpha value is -1.61. The van der Waals surface area contributed by atoms with Crippen LogP contribution in [0.3, 0.4) is 0 Å². The fourth-order valence-corrected chi connectivity index (χ4v) is 3.48. The maximum Gasteiger partial charge on any atom is 0.129 e. The topological polar surface area (TPSA) is 24.8 Å². The van der Waals surface area contributed by atoms with Crippen molar-refractivity contribution in [1.29, 1.82) is 0 Å². The lowest BCUT2D eigenvalue weighted by Gasteiger charge is -2.29. The van der Waals surface area contributed by atoms with Crippen LogP contribution in [0, 0.1) is 0 Å². The number of rotatable bonds is 7. The Labute approximate surface area is 153 Å². The van der Waals surface area contributed by atoms with Gasteiger partial charge in [-0.2, -0.15) is 0 Å². The number of hydrogen-bond acceptors (Lipinski definition) is 3. The second kappa shape index (κ2) is 10.4. The van der Waals surface area contributed by atoms with Gasteiger partial charge in [0.2, 0.25) is 0 Å². The predicted octanol–water partition coefficient (Wildman–Crippen LogP) is 5.53. The normalized spacial score (nSPS) is 19.2. The molecule has 0 amide bonds. The van der Waals surface area contributed by atoms with Crippen LogP contribution in [-0.2, 0) is 4.84 Å². The lowest BCUT2D eigenvalue weighted by atomic mass is 10.0. The molecule has 25 heavy (non-hydrogen) atoms. The second-order valence-electron chi connectivity index (χ2n) is 7.44. The zero-order valence-corrected chi connectivity index (χ0v) is 16.4. The van der Waals surface area contributed by atoms with Crippen molar-refractivity contribution in [2.45, 2.75) is 71.9 Å². The lowest BCUT2D eigenvalue weighted by Crippen LogP contribution is -2.39. The highest BCUT2D eigenvalue weighted by atomic mass is 16.6. The summed E-state index contributed by atoms with van der Waals surface area (Å²) in [6.07, 6.45) is 8.13. The van der Waals surface area contributed by atoms with Crippen LogP contribution in [0.15, 0.2) is 41.1 Å². The minimum absolute atomic E-state index is 0.530. The SMILES string of the molecule is CC(C)N(CCON=C1CCCCC/C1=C/c1ccccc1)C(C)C. The Morgan fingerprint density at radius 1 is 1.00 bits per heavy atom. The highest BCUT2D eigenvalue weighted by Crippen LogP contribution is 2.23. The van der Waals surface area contributed by atoms with Crippen LogP contribution in [0.5, 0.6) is 0 Å². The molecule has 0 heterocycles. The van der Waals surface area contributed by atoms with Crippen molar-refractivity contribution >= 4 is 11.8 Å². The lowest BCUT2D eigenvalue weighted by molar-refractivity contribution is 0.0826. The van der Waals surface area contributed by atoms with E-state index in [-0.39, 0.29) is 0 Å². The van der Waals surface area contributed by atoms with Crippen LogP contribution in [0.1, 0.15) is 65.4 Å². The van der Waals surface area contributed by atoms with Gasteiger partial charge in [0.05, 0.1) is 5.71 Å². The van der Waals surface area contributed by atoms with Gasteiger partial charge in [0.15, 0.2) is 0 Å². The van der Waals surface area contributed by atoms with Crippen molar-refractivity contribution in [2.24, 2.45) is 5.16 Å². The molecule has 1 fully saturated rings. The summed E-state index contributed by atoms with van der Waals surface area (Å²) >= 11 is 0. The Morgan fingerprint density at radius 3 is 2.36 bits per heavy atom. The molecule has 0 saturated heterocycles. The quantitative estimate of drug-likeness (QED) is 0.370. The van der Waals surface area contributed by atoms with Crippen molar-refractivity contribution in [2.75, 3.05) is 13.2 Å². The van der Waals surface area contributed by atoms with E-state index in [0.717, 1.165) is 25.1 Å². The van der Waals surface area contributed by atoms with Crippen LogP contribution in [0.25, 0.3) is 6.08 Å². The van der Waals surface area contributed by atoms with Gasteiger partial charge in [-0.25, -0.2) is 0 Å². The standard InChI is InChI=1S/C22H34N2O/c1-18(2)24(19(3)4)15-16-25-23-22-14-10-6-9-13-21(22)17-20-11-7-5-8-12-20/h5,7-8,11-12,17-19H,6,9-10,13-16H2,1-4H3/b21-17-,23-22?. The Balaban J connectivity index is 2.00. The molecular formula is C22H34N2O. The number of hydrogen-bond donors (Lipinski definition) is 0. The van der Waals surface area contributed by atoms with Gasteiger partial charge < -0.3 is 4.84 Å². The predicted molar refractivity (Wildman–Crippen MR) is 108 cm³/mol. The van der Waals surface area contributed by atoms with Gasteiger partial charge in [0.1, 0.15) is 6.61 Å². The molecule has 1 saturated carbocycles. The van der Waals surface area contributed by atoms with E-state index in [4.69, 9.17) is 4.84 Å². The van der Waals surface area contributed by atoms with Gasteiger partial charge in [0.25, 0.3) is 0 Å². The first-order valence-corrected chi connectivity index (χ1v) is 9.78. The molecule has 2 rings (SSSR count). The van der Waals surface area contributed by atoms with Crippen LogP contribution < -0.4 is 0 Å². The Kier molecular flexibility index (Phi) is 8.20. The highest BCUT2D eigenvalue weighted by Gasteiger charge is 2.14. The molecule has 1 aromatic carbocycles. The number of benzene rings is 1. The van der Waals surface area contributed by atoms with Gasteiger partial charge in [0, 0.05) is 18.6 Å². The van der Waals surface area contributed by atoms with Crippen LogP contribution in [-0.4, -0.2) is 35.8 Å². The average Bonchev–Trinajstić information content (AvgIpc) is 2.80. The molecular weight excluding hydrogens is 308 g/mol. The first-order chi connectivity index (χ1) is 12.1. The molecule has 138 valence electrons. The molecule has 3 nitrogen and oxygen atoms in total. The van der Waals surface area contributed by atoms with Gasteiger partial charge in [-0.15, -0.1) is 0 Å². The summed E-state index contributed by atoms with van der Waals surface area (Å²) in [4.78, 5) is 8.17. The molecule has 3 heteroatoms. The van der Waals surface area contributed by atoms with Gasteiger partial charge in [-0.05, 0) is 70.6 Å². The molecule has 0 radical (unpaired) electrons. The molecule has 0 unspecified atom stereocenters. The van der Waals surface area contributed by atoms with Gasteiger partial charge >= 0.3 is 0 Å². The summed E-state index contributed by atoms with van der Waals surface area (Å²) in [7, 11) is 0. The summed E-state index contributed by atoms with van der Waals surface area (Å²) in [5.74, 6) is 0. The molecule has 0 aromatic heterocycles. The van der Waals surface area contributed by atoms with Gasteiger partial charge in [-0.3, -0.25) is 4.90 Å². The minimum atomic E-state index is 0.530. The van der Waals surface area contributed by atoms with Crippen LogP contribution >= 0.6 is 0 Å². The fourth-order valence-electron chi connectivity index (χ4n) is 3.48. The van der Waals surface area contributed by atoms with E-state index >= 15 is 0 Å². The Morgan fingerprint density at radius 2 is 1.68 bits per heavy atom. The van der Waals surface area contributed by atoms with E-state index in [1.54, 1.807) is 0 Å². The smallest absolute Gasteiger partial charge is 0.129 e. The largest absolute Gasteiger partial charge is 0.394 e. The maximum atomic E-state index is 5.73. The van der Waals surface area contributed by atoms with Crippen LogP contribution in [0.2, 0.25) is 0 Å². The molecule has 1 aliphatic carbocycles. The number of oxime groups is 1. The second-order valence-corrected chi connectivity index (χ2v) is 7.44. The summed E-state index contributed by atoms with van der Waals surface area (Å²) in [6.45, 7) is 10.5. The van der Waals surface area contributed by atoms with Crippen LogP contribution in [0.4, 0.5) is 0 Å². The molecule has 0 spiro atoms. The summed E-state index contributed by atoms with van der Waals surface area (Å²) in [5, 5.41) is 4.53. The third kappa shape index (κ3) is 6.66. The minimum Gasteiger partial charge on any atom is -0.394 e. The monoisotopic (exact) mass is 342 g/mol. The van der Waals surface area contributed by atoms with Crippen molar-refractivity contribution in [3.63, 3.8) is 0 Å². The van der Waals surface area contributed by atoms with E-state index < -0.39 is 0 Å². The van der Waals surface area contributed by atoms with E-state index in [1.807, 2.05) is 0 Å². The van der Waals surface area contributed by atoms with Crippen molar-refractivity contribution < 1.29 is 4.84 Å². The maximum absolute atomic E-state index is 5.73. The van der Waals surface area contributed by atoms with Crippen molar-refractivity contribution in [3.05, 3.63) is 41.5 Å². The van der Waals surface area contributed by atoms with Gasteiger partial charge in [-0.1, -0.05) is 41.9 Å². The third-order valence-electron chi connectivity index (χ3n) is 4.81. The Bertz CT molecular complexity index is 553. The summed E-state index contributed by atoms with van der Waals surface area (Å²) in [5.41, 5.74) is 3.73. The fraction of sp³-hybridized carbons (Fsp3) is 0.591. The first-order valence-electron chi connectivity index (χ1n) is 9.78. The molecule has 0 N–H and O–H groups in total. The number of nitrogens with zero attached hydrogens (tertiary/aromatic N) is 2. The first kappa shape index (κ1) is 19.7. The molecule has 0 bridgehead atoms. The summed E-state index contributed by atoms with van der Waals surface area (Å²) in [6, 6.07) is 11.6. The highest BCUT2D eigenvalue weighted by molar-refractivity contribution is 6.03. The average molecular weight is 343 g/mol. The molecule has 1 aliphatic rings. The van der Waals surface area contributed by atoms with E-state index in [1.165, 1.54) is 30.4 Å². The third-order valence-corrected chi connectivity index (χ3v) is 4.81. The van der Waals surface area contributed by atoms with E-state index in [0.29, 0.717) is 18.7 Å². The van der Waals surface area contributed by atoms with E-state index in [9.17, 15) is 0 Å².